The lowest BCUT2D eigenvalue weighted by atomic mass is 9.94. The molecule has 0 radical (unpaired) electrons. The molecule has 0 saturated carbocycles. The van der Waals surface area contributed by atoms with E-state index in [1.54, 1.807) is 0 Å². The molecule has 2 aliphatic heterocycles. The van der Waals surface area contributed by atoms with Crippen LogP contribution in [0.5, 0.6) is 0 Å². The molecule has 2 saturated heterocycles. The molecule has 0 aliphatic carbocycles. The van der Waals surface area contributed by atoms with Crippen LogP contribution in [-0.2, 0) is 9.53 Å². The molecule has 0 unspecified atom stereocenters. The van der Waals surface area contributed by atoms with E-state index < -0.39 is 0 Å². The van der Waals surface area contributed by atoms with Gasteiger partial charge in [-0.25, -0.2) is 0 Å². The maximum atomic E-state index is 12.3. The fraction of sp³-hybridized carbons (Fsp3) is 0.938. The van der Waals surface area contributed by atoms with Gasteiger partial charge in [0.25, 0.3) is 0 Å². The first-order valence-corrected chi connectivity index (χ1v) is 8.12. The molecule has 2 rings (SSSR count). The molecule has 2 atom stereocenters. The van der Waals surface area contributed by atoms with Gasteiger partial charge in [0.15, 0.2) is 0 Å². The van der Waals surface area contributed by atoms with Gasteiger partial charge in [0.1, 0.15) is 0 Å². The van der Waals surface area contributed by atoms with Gasteiger partial charge in [-0.2, -0.15) is 0 Å². The van der Waals surface area contributed by atoms with Gasteiger partial charge in [-0.1, -0.05) is 0 Å². The van der Waals surface area contributed by atoms with Crippen molar-refractivity contribution in [2.75, 3.05) is 26.7 Å². The SMILES string of the molecule is CC(C)N(C)C(=O)C1CCN(C[C@@H]2CC[C@H](C)O2)CC1. The second-order valence-electron chi connectivity index (χ2n) is 6.76. The number of carbonyl (C=O) groups is 1. The first-order valence-electron chi connectivity index (χ1n) is 8.12. The molecule has 0 spiro atoms. The molecule has 0 bridgehead atoms. The number of hydrogen-bond acceptors (Lipinski definition) is 3. The van der Waals surface area contributed by atoms with Crippen LogP contribution in [0.4, 0.5) is 0 Å². The van der Waals surface area contributed by atoms with E-state index in [0.717, 1.165) is 32.5 Å². The van der Waals surface area contributed by atoms with E-state index in [9.17, 15) is 4.79 Å². The van der Waals surface area contributed by atoms with Crippen LogP contribution in [0.2, 0.25) is 0 Å². The minimum Gasteiger partial charge on any atom is -0.374 e. The van der Waals surface area contributed by atoms with E-state index in [2.05, 4.69) is 25.7 Å². The van der Waals surface area contributed by atoms with Crippen LogP contribution < -0.4 is 0 Å². The molecule has 4 heteroatoms. The number of hydrogen-bond donors (Lipinski definition) is 0. The monoisotopic (exact) mass is 282 g/mol. The molecular weight excluding hydrogens is 252 g/mol. The Morgan fingerprint density at radius 3 is 2.40 bits per heavy atom. The summed E-state index contributed by atoms with van der Waals surface area (Å²) in [6.07, 6.45) is 5.22. The predicted molar refractivity (Wildman–Crippen MR) is 80.6 cm³/mol. The summed E-state index contributed by atoms with van der Waals surface area (Å²) >= 11 is 0. The zero-order valence-corrected chi connectivity index (χ0v) is 13.5. The van der Waals surface area contributed by atoms with E-state index in [1.807, 2.05) is 11.9 Å². The first-order chi connectivity index (χ1) is 9.47. The highest BCUT2D eigenvalue weighted by molar-refractivity contribution is 5.78. The molecule has 20 heavy (non-hydrogen) atoms. The van der Waals surface area contributed by atoms with E-state index >= 15 is 0 Å². The van der Waals surface area contributed by atoms with Gasteiger partial charge in [-0.15, -0.1) is 0 Å². The normalized spacial score (nSPS) is 29.1. The number of likely N-dealkylation sites (tertiary alicyclic amines) is 1. The zero-order valence-electron chi connectivity index (χ0n) is 13.5. The molecule has 0 aromatic rings. The lowest BCUT2D eigenvalue weighted by molar-refractivity contribution is -0.137. The fourth-order valence-corrected chi connectivity index (χ4v) is 3.21. The minimum atomic E-state index is 0.224. The van der Waals surface area contributed by atoms with Crippen molar-refractivity contribution < 1.29 is 9.53 Å². The molecule has 0 N–H and O–H groups in total. The van der Waals surface area contributed by atoms with Gasteiger partial charge in [0.05, 0.1) is 12.2 Å². The van der Waals surface area contributed by atoms with Crippen LogP contribution >= 0.6 is 0 Å². The van der Waals surface area contributed by atoms with Crippen LogP contribution in [0.25, 0.3) is 0 Å². The van der Waals surface area contributed by atoms with Gasteiger partial charge in [-0.3, -0.25) is 4.79 Å². The van der Waals surface area contributed by atoms with Crippen molar-refractivity contribution in [2.45, 2.75) is 64.7 Å². The topological polar surface area (TPSA) is 32.8 Å². The predicted octanol–water partition coefficient (Wildman–Crippen LogP) is 2.13. The van der Waals surface area contributed by atoms with Crippen molar-refractivity contribution in [3.8, 4) is 0 Å². The summed E-state index contributed by atoms with van der Waals surface area (Å²) in [5.41, 5.74) is 0. The second-order valence-corrected chi connectivity index (χ2v) is 6.76. The highest BCUT2D eigenvalue weighted by Crippen LogP contribution is 2.24. The van der Waals surface area contributed by atoms with Gasteiger partial charge >= 0.3 is 0 Å². The number of nitrogens with zero attached hydrogens (tertiary/aromatic N) is 2. The van der Waals surface area contributed by atoms with Crippen LogP contribution in [0, 0.1) is 5.92 Å². The van der Waals surface area contributed by atoms with Crippen molar-refractivity contribution in [1.82, 2.24) is 9.80 Å². The molecule has 2 fully saturated rings. The highest BCUT2D eigenvalue weighted by Gasteiger charge is 2.30. The lowest BCUT2D eigenvalue weighted by Crippen LogP contribution is -2.45. The second kappa shape index (κ2) is 6.90. The Bertz CT molecular complexity index is 324. The quantitative estimate of drug-likeness (QED) is 0.792. The van der Waals surface area contributed by atoms with Gasteiger partial charge in [-0.05, 0) is 59.5 Å². The number of ether oxygens (including phenoxy) is 1. The minimum absolute atomic E-state index is 0.224. The molecule has 116 valence electrons. The zero-order chi connectivity index (χ0) is 14.7. The Morgan fingerprint density at radius 1 is 1.25 bits per heavy atom. The van der Waals surface area contributed by atoms with Gasteiger partial charge in [0.2, 0.25) is 5.91 Å². The number of rotatable bonds is 4. The summed E-state index contributed by atoms with van der Waals surface area (Å²) in [7, 11) is 1.92. The largest absolute Gasteiger partial charge is 0.374 e. The van der Waals surface area contributed by atoms with Crippen LogP contribution in [0.1, 0.15) is 46.5 Å². The van der Waals surface area contributed by atoms with E-state index in [4.69, 9.17) is 4.74 Å². The maximum Gasteiger partial charge on any atom is 0.225 e. The highest BCUT2D eigenvalue weighted by atomic mass is 16.5. The van der Waals surface area contributed by atoms with E-state index in [1.165, 1.54) is 12.8 Å². The number of amides is 1. The summed E-state index contributed by atoms with van der Waals surface area (Å²) in [6.45, 7) is 9.43. The molecule has 2 aliphatic rings. The Balaban J connectivity index is 1.73. The summed E-state index contributed by atoms with van der Waals surface area (Å²) in [4.78, 5) is 16.7. The van der Waals surface area contributed by atoms with Gasteiger partial charge < -0.3 is 14.5 Å². The summed E-state index contributed by atoms with van der Waals surface area (Å²) in [5, 5.41) is 0. The van der Waals surface area contributed by atoms with Crippen molar-refractivity contribution in [3.63, 3.8) is 0 Å². The maximum absolute atomic E-state index is 12.3. The summed E-state index contributed by atoms with van der Waals surface area (Å²) in [5.74, 6) is 0.549. The third-order valence-corrected chi connectivity index (χ3v) is 4.84. The van der Waals surface area contributed by atoms with Crippen molar-refractivity contribution in [3.05, 3.63) is 0 Å². The Kier molecular flexibility index (Phi) is 5.44. The molecule has 4 nitrogen and oxygen atoms in total. The van der Waals surface area contributed by atoms with Crippen molar-refractivity contribution in [2.24, 2.45) is 5.92 Å². The van der Waals surface area contributed by atoms with E-state index in [-0.39, 0.29) is 5.92 Å². The third-order valence-electron chi connectivity index (χ3n) is 4.84. The van der Waals surface area contributed by atoms with Crippen LogP contribution in [0.3, 0.4) is 0 Å². The molecule has 2 heterocycles. The Hall–Kier alpha value is -0.610. The standard InChI is InChI=1S/C16H30N2O2/c1-12(2)17(4)16(19)14-7-9-18(10-8-14)11-15-6-5-13(3)20-15/h12-15H,5-11H2,1-4H3/t13-,15-/m0/s1. The summed E-state index contributed by atoms with van der Waals surface area (Å²) < 4.78 is 5.89. The fourth-order valence-electron chi connectivity index (χ4n) is 3.21. The number of piperidine rings is 1. The third kappa shape index (κ3) is 3.95. The molecular formula is C16H30N2O2. The molecule has 0 aromatic heterocycles. The molecule has 0 aromatic carbocycles. The Labute approximate surface area is 123 Å². The van der Waals surface area contributed by atoms with Crippen LogP contribution in [0.15, 0.2) is 0 Å². The first kappa shape index (κ1) is 15.8. The smallest absolute Gasteiger partial charge is 0.225 e. The average molecular weight is 282 g/mol. The van der Waals surface area contributed by atoms with Crippen molar-refractivity contribution in [1.29, 1.82) is 0 Å². The number of carbonyl (C=O) groups excluding carboxylic acids is 1. The molecule has 1 amide bonds. The summed E-state index contributed by atoms with van der Waals surface area (Å²) in [6, 6.07) is 0.300. The Morgan fingerprint density at radius 2 is 1.90 bits per heavy atom. The lowest BCUT2D eigenvalue weighted by Gasteiger charge is -2.35. The average Bonchev–Trinajstić information content (AvgIpc) is 2.83. The van der Waals surface area contributed by atoms with Crippen molar-refractivity contribution >= 4 is 5.91 Å². The van der Waals surface area contributed by atoms with E-state index in [0.29, 0.717) is 24.2 Å². The van der Waals surface area contributed by atoms with Crippen LogP contribution in [-0.4, -0.2) is 60.6 Å². The van der Waals surface area contributed by atoms with Gasteiger partial charge in [0, 0.05) is 25.6 Å².